The zero-order chi connectivity index (χ0) is 13.4. The average molecular weight is 277 g/mol. The lowest BCUT2D eigenvalue weighted by molar-refractivity contribution is 0.0678. The van der Waals surface area contributed by atoms with Gasteiger partial charge in [-0.3, -0.25) is 4.79 Å². The van der Waals surface area contributed by atoms with E-state index in [-0.39, 0.29) is 5.91 Å². The number of hydrogen-bond acceptors (Lipinski definition) is 1. The number of piperidine rings is 1. The molecule has 1 amide bonds. The SMILES string of the molecule is CC1CCCN(C(=O)c2cc3ccc(Cl)cc3[nH]2)C1. The van der Waals surface area contributed by atoms with E-state index in [1.54, 1.807) is 0 Å². The summed E-state index contributed by atoms with van der Waals surface area (Å²) in [6.45, 7) is 3.92. The van der Waals surface area contributed by atoms with Gasteiger partial charge in [0, 0.05) is 29.0 Å². The molecule has 0 spiro atoms. The third kappa shape index (κ3) is 2.47. The van der Waals surface area contributed by atoms with Crippen LogP contribution in [0, 0.1) is 5.92 Å². The number of halogens is 1. The smallest absolute Gasteiger partial charge is 0.270 e. The van der Waals surface area contributed by atoms with Crippen molar-refractivity contribution in [3.63, 3.8) is 0 Å². The lowest BCUT2D eigenvalue weighted by atomic mass is 10.00. The number of likely N-dealkylation sites (tertiary alicyclic amines) is 1. The third-order valence-electron chi connectivity index (χ3n) is 3.76. The number of rotatable bonds is 1. The zero-order valence-corrected chi connectivity index (χ0v) is 11.7. The number of fused-ring (bicyclic) bond motifs is 1. The Hall–Kier alpha value is -1.48. The molecule has 0 aliphatic carbocycles. The first-order valence-corrected chi connectivity index (χ1v) is 7.09. The molecule has 3 rings (SSSR count). The number of nitrogens with one attached hydrogen (secondary N) is 1. The van der Waals surface area contributed by atoms with Crippen molar-refractivity contribution in [1.82, 2.24) is 9.88 Å². The van der Waals surface area contributed by atoms with Gasteiger partial charge in [-0.05, 0) is 37.0 Å². The van der Waals surface area contributed by atoms with Gasteiger partial charge in [0.2, 0.25) is 0 Å². The van der Waals surface area contributed by atoms with E-state index in [2.05, 4.69) is 11.9 Å². The molecule has 1 unspecified atom stereocenters. The summed E-state index contributed by atoms with van der Waals surface area (Å²) in [5.74, 6) is 0.690. The Morgan fingerprint density at radius 2 is 2.26 bits per heavy atom. The van der Waals surface area contributed by atoms with E-state index in [4.69, 9.17) is 11.6 Å². The molecule has 1 aromatic heterocycles. The van der Waals surface area contributed by atoms with Crippen molar-refractivity contribution in [2.45, 2.75) is 19.8 Å². The van der Waals surface area contributed by atoms with Crippen LogP contribution in [-0.2, 0) is 0 Å². The van der Waals surface area contributed by atoms with Crippen molar-refractivity contribution in [1.29, 1.82) is 0 Å². The van der Waals surface area contributed by atoms with Crippen molar-refractivity contribution >= 4 is 28.4 Å². The molecular formula is C15H17ClN2O. The number of aromatic nitrogens is 1. The molecule has 19 heavy (non-hydrogen) atoms. The summed E-state index contributed by atoms with van der Waals surface area (Å²) in [5.41, 5.74) is 1.58. The summed E-state index contributed by atoms with van der Waals surface area (Å²) in [4.78, 5) is 17.6. The van der Waals surface area contributed by atoms with Crippen LogP contribution in [0.25, 0.3) is 10.9 Å². The number of carbonyl (C=O) groups excluding carboxylic acids is 1. The minimum absolute atomic E-state index is 0.0962. The van der Waals surface area contributed by atoms with Gasteiger partial charge >= 0.3 is 0 Å². The summed E-state index contributed by atoms with van der Waals surface area (Å²) >= 11 is 5.96. The number of H-pyrrole nitrogens is 1. The maximum absolute atomic E-state index is 12.5. The van der Waals surface area contributed by atoms with Gasteiger partial charge in [-0.25, -0.2) is 0 Å². The first-order chi connectivity index (χ1) is 9.13. The fourth-order valence-corrected chi connectivity index (χ4v) is 2.93. The van der Waals surface area contributed by atoms with Crippen molar-refractivity contribution in [3.05, 3.63) is 35.0 Å². The van der Waals surface area contributed by atoms with Gasteiger partial charge in [0.1, 0.15) is 5.69 Å². The number of hydrogen-bond donors (Lipinski definition) is 1. The molecule has 0 radical (unpaired) electrons. The second-order valence-corrected chi connectivity index (χ2v) is 5.85. The van der Waals surface area contributed by atoms with Crippen molar-refractivity contribution < 1.29 is 4.79 Å². The van der Waals surface area contributed by atoms with Crippen molar-refractivity contribution in [2.75, 3.05) is 13.1 Å². The number of aromatic amines is 1. The number of nitrogens with zero attached hydrogens (tertiary/aromatic N) is 1. The van der Waals surface area contributed by atoms with Crippen LogP contribution in [0.4, 0.5) is 0 Å². The Morgan fingerprint density at radius 1 is 1.42 bits per heavy atom. The van der Waals surface area contributed by atoms with Gasteiger partial charge < -0.3 is 9.88 Å². The second-order valence-electron chi connectivity index (χ2n) is 5.41. The van der Waals surface area contributed by atoms with Crippen LogP contribution < -0.4 is 0 Å². The Balaban J connectivity index is 1.88. The summed E-state index contributed by atoms with van der Waals surface area (Å²) < 4.78 is 0. The maximum Gasteiger partial charge on any atom is 0.270 e. The maximum atomic E-state index is 12.5. The van der Waals surface area contributed by atoms with Gasteiger partial charge in [-0.15, -0.1) is 0 Å². The Bertz CT molecular complexity index is 620. The Kier molecular flexibility index (Phi) is 3.23. The van der Waals surface area contributed by atoms with Gasteiger partial charge in [0.05, 0.1) is 0 Å². The monoisotopic (exact) mass is 276 g/mol. The highest BCUT2D eigenvalue weighted by Crippen LogP contribution is 2.22. The lowest BCUT2D eigenvalue weighted by Gasteiger charge is -2.30. The zero-order valence-electron chi connectivity index (χ0n) is 10.9. The molecule has 100 valence electrons. The van der Waals surface area contributed by atoms with E-state index in [0.717, 1.165) is 30.4 Å². The third-order valence-corrected chi connectivity index (χ3v) is 3.99. The highest BCUT2D eigenvalue weighted by Gasteiger charge is 2.23. The minimum Gasteiger partial charge on any atom is -0.350 e. The molecule has 1 aromatic carbocycles. The van der Waals surface area contributed by atoms with Gasteiger partial charge in [0.25, 0.3) is 5.91 Å². The molecule has 4 heteroatoms. The fraction of sp³-hybridized carbons (Fsp3) is 0.400. The summed E-state index contributed by atoms with van der Waals surface area (Å²) in [5, 5.41) is 1.71. The van der Waals surface area contributed by atoms with Crippen LogP contribution in [0.1, 0.15) is 30.3 Å². The van der Waals surface area contributed by atoms with Crippen LogP contribution in [0.2, 0.25) is 5.02 Å². The first kappa shape index (κ1) is 12.5. The van der Waals surface area contributed by atoms with E-state index >= 15 is 0 Å². The second kappa shape index (κ2) is 4.89. The molecule has 1 aliphatic rings. The van der Waals surface area contributed by atoms with Gasteiger partial charge in [-0.2, -0.15) is 0 Å². The van der Waals surface area contributed by atoms with E-state index in [0.29, 0.717) is 16.6 Å². The first-order valence-electron chi connectivity index (χ1n) is 6.71. The highest BCUT2D eigenvalue weighted by atomic mass is 35.5. The molecule has 1 aliphatic heterocycles. The Labute approximate surface area is 117 Å². The molecule has 3 nitrogen and oxygen atoms in total. The quantitative estimate of drug-likeness (QED) is 0.847. The summed E-state index contributed by atoms with van der Waals surface area (Å²) in [6, 6.07) is 7.54. The van der Waals surface area contributed by atoms with E-state index in [1.807, 2.05) is 29.2 Å². The number of amides is 1. The average Bonchev–Trinajstić information content (AvgIpc) is 2.80. The highest BCUT2D eigenvalue weighted by molar-refractivity contribution is 6.31. The molecule has 1 N–H and O–H groups in total. The standard InChI is InChI=1S/C15H17ClN2O/c1-10-3-2-6-18(9-10)15(19)14-7-11-4-5-12(16)8-13(11)17-14/h4-5,7-8,10,17H,2-3,6,9H2,1H3. The van der Waals surface area contributed by atoms with Crippen LogP contribution in [0.15, 0.2) is 24.3 Å². The van der Waals surface area contributed by atoms with Crippen LogP contribution in [0.3, 0.4) is 0 Å². The topological polar surface area (TPSA) is 36.1 Å². The number of carbonyl (C=O) groups is 1. The van der Waals surface area contributed by atoms with Crippen molar-refractivity contribution in [2.24, 2.45) is 5.92 Å². The number of benzene rings is 1. The lowest BCUT2D eigenvalue weighted by Crippen LogP contribution is -2.39. The molecule has 0 saturated carbocycles. The predicted molar refractivity (Wildman–Crippen MR) is 77.6 cm³/mol. The van der Waals surface area contributed by atoms with Crippen LogP contribution in [-0.4, -0.2) is 28.9 Å². The van der Waals surface area contributed by atoms with Crippen molar-refractivity contribution in [3.8, 4) is 0 Å². The van der Waals surface area contributed by atoms with E-state index in [9.17, 15) is 4.79 Å². The molecule has 1 saturated heterocycles. The predicted octanol–water partition coefficient (Wildman–Crippen LogP) is 3.69. The molecule has 2 heterocycles. The van der Waals surface area contributed by atoms with Gasteiger partial charge in [0.15, 0.2) is 0 Å². The fourth-order valence-electron chi connectivity index (χ4n) is 2.76. The minimum atomic E-state index is 0.0962. The normalized spacial score (nSPS) is 19.9. The van der Waals surface area contributed by atoms with E-state index in [1.165, 1.54) is 6.42 Å². The molecule has 0 bridgehead atoms. The molecular weight excluding hydrogens is 260 g/mol. The van der Waals surface area contributed by atoms with E-state index < -0.39 is 0 Å². The Morgan fingerprint density at radius 3 is 3.05 bits per heavy atom. The largest absolute Gasteiger partial charge is 0.350 e. The van der Waals surface area contributed by atoms with Crippen LogP contribution >= 0.6 is 11.6 Å². The van der Waals surface area contributed by atoms with Gasteiger partial charge in [-0.1, -0.05) is 24.6 Å². The molecule has 2 aromatic rings. The molecule has 1 atom stereocenters. The molecule has 1 fully saturated rings. The van der Waals surface area contributed by atoms with Crippen LogP contribution in [0.5, 0.6) is 0 Å². The summed E-state index contributed by atoms with van der Waals surface area (Å²) in [6.07, 6.45) is 2.31. The summed E-state index contributed by atoms with van der Waals surface area (Å²) in [7, 11) is 0.